The molecule has 0 spiro atoms. The number of imidazole rings is 1. The van der Waals surface area contributed by atoms with E-state index in [9.17, 15) is 4.79 Å². The van der Waals surface area contributed by atoms with Gasteiger partial charge in [-0.25, -0.2) is 4.98 Å². The predicted molar refractivity (Wildman–Crippen MR) is 95.8 cm³/mol. The first-order chi connectivity index (χ1) is 11.8. The molecule has 24 heavy (non-hydrogen) atoms. The minimum Gasteiger partial charge on any atom is -0.338 e. The van der Waals surface area contributed by atoms with E-state index in [1.807, 2.05) is 48.5 Å². The van der Waals surface area contributed by atoms with Gasteiger partial charge >= 0.3 is 0 Å². The summed E-state index contributed by atoms with van der Waals surface area (Å²) in [7, 11) is 0. The average molecular weight is 320 g/mol. The van der Waals surface area contributed by atoms with Crippen molar-refractivity contribution in [3.63, 3.8) is 0 Å². The standard InChI is InChI=1S/C19H20N4O/c24-18(12-20-11-13-9-10-13)21-15-6-2-1-5-14(15)19-22-16-7-3-4-8-17(16)23-19/h1-8,13,20H,9-12H2,(H,21,24)(H,22,23). The maximum Gasteiger partial charge on any atom is 0.238 e. The third kappa shape index (κ3) is 3.31. The molecule has 0 unspecified atom stereocenters. The Balaban J connectivity index is 1.52. The predicted octanol–water partition coefficient (Wildman–Crippen LogP) is 3.17. The minimum absolute atomic E-state index is 0.0285. The summed E-state index contributed by atoms with van der Waals surface area (Å²) in [6.07, 6.45) is 2.56. The van der Waals surface area contributed by atoms with Crippen LogP contribution in [-0.2, 0) is 4.79 Å². The molecule has 1 heterocycles. The number of nitrogens with one attached hydrogen (secondary N) is 3. The molecular weight excluding hydrogens is 300 g/mol. The Labute approximate surface area is 140 Å². The number of benzene rings is 2. The zero-order chi connectivity index (χ0) is 16.4. The summed E-state index contributed by atoms with van der Waals surface area (Å²) < 4.78 is 0. The molecule has 1 aromatic heterocycles. The molecule has 0 aliphatic heterocycles. The normalized spacial score (nSPS) is 14.0. The topological polar surface area (TPSA) is 69.8 Å². The SMILES string of the molecule is O=C(CNCC1CC1)Nc1ccccc1-c1nc2ccccc2[nH]1. The van der Waals surface area contributed by atoms with Gasteiger partial charge in [0, 0.05) is 5.56 Å². The molecule has 0 bridgehead atoms. The molecule has 1 aliphatic rings. The van der Waals surface area contributed by atoms with E-state index >= 15 is 0 Å². The Bertz CT molecular complexity index is 833. The van der Waals surface area contributed by atoms with E-state index in [1.54, 1.807) is 0 Å². The molecule has 0 radical (unpaired) electrons. The van der Waals surface area contributed by atoms with Crippen LogP contribution in [0.2, 0.25) is 0 Å². The summed E-state index contributed by atoms with van der Waals surface area (Å²) in [4.78, 5) is 20.1. The van der Waals surface area contributed by atoms with Crippen LogP contribution in [0.4, 0.5) is 5.69 Å². The number of nitrogens with zero attached hydrogens (tertiary/aromatic N) is 1. The van der Waals surface area contributed by atoms with Crippen LogP contribution in [0, 0.1) is 5.92 Å². The molecule has 1 aliphatic carbocycles. The van der Waals surface area contributed by atoms with Crippen LogP contribution in [-0.4, -0.2) is 29.0 Å². The molecule has 122 valence electrons. The monoisotopic (exact) mass is 320 g/mol. The van der Waals surface area contributed by atoms with Crippen LogP contribution in [0.25, 0.3) is 22.4 Å². The highest BCUT2D eigenvalue weighted by Gasteiger charge is 2.20. The van der Waals surface area contributed by atoms with E-state index in [0.29, 0.717) is 6.54 Å². The van der Waals surface area contributed by atoms with Crippen LogP contribution in [0.5, 0.6) is 0 Å². The van der Waals surface area contributed by atoms with Crippen LogP contribution in [0.1, 0.15) is 12.8 Å². The van der Waals surface area contributed by atoms with E-state index < -0.39 is 0 Å². The maximum absolute atomic E-state index is 12.2. The third-order valence-corrected chi connectivity index (χ3v) is 4.26. The summed E-state index contributed by atoms with van der Waals surface area (Å²) >= 11 is 0. The second-order valence-corrected chi connectivity index (χ2v) is 6.27. The number of carbonyl (C=O) groups excluding carboxylic acids is 1. The number of carbonyl (C=O) groups is 1. The number of aromatic amines is 1. The molecule has 5 nitrogen and oxygen atoms in total. The summed E-state index contributed by atoms with van der Waals surface area (Å²) in [5.74, 6) is 1.50. The lowest BCUT2D eigenvalue weighted by molar-refractivity contribution is -0.115. The van der Waals surface area contributed by atoms with Gasteiger partial charge in [-0.15, -0.1) is 0 Å². The van der Waals surface area contributed by atoms with Gasteiger partial charge in [0.1, 0.15) is 5.82 Å². The Kier molecular flexibility index (Phi) is 4.01. The molecule has 3 aromatic rings. The molecule has 1 amide bonds. The smallest absolute Gasteiger partial charge is 0.238 e. The third-order valence-electron chi connectivity index (χ3n) is 4.26. The number of hydrogen-bond donors (Lipinski definition) is 3. The van der Waals surface area contributed by atoms with Crippen molar-refractivity contribution in [1.29, 1.82) is 0 Å². The maximum atomic E-state index is 12.2. The van der Waals surface area contributed by atoms with Crippen LogP contribution in [0.3, 0.4) is 0 Å². The van der Waals surface area contributed by atoms with Gasteiger partial charge in [-0.1, -0.05) is 24.3 Å². The number of para-hydroxylation sites is 3. The quantitative estimate of drug-likeness (QED) is 0.653. The molecule has 5 heteroatoms. The number of rotatable bonds is 6. The molecule has 4 rings (SSSR count). The molecule has 0 saturated heterocycles. The number of fused-ring (bicyclic) bond motifs is 1. The fourth-order valence-electron chi connectivity index (χ4n) is 2.79. The van der Waals surface area contributed by atoms with Gasteiger partial charge in [0.2, 0.25) is 5.91 Å². The Morgan fingerprint density at radius 2 is 1.92 bits per heavy atom. The Morgan fingerprint density at radius 1 is 1.12 bits per heavy atom. The van der Waals surface area contributed by atoms with Crippen LogP contribution in [0.15, 0.2) is 48.5 Å². The van der Waals surface area contributed by atoms with Crippen molar-refractivity contribution < 1.29 is 4.79 Å². The fraction of sp³-hybridized carbons (Fsp3) is 0.263. The summed E-state index contributed by atoms with van der Waals surface area (Å²) in [5, 5.41) is 6.20. The van der Waals surface area contributed by atoms with E-state index in [0.717, 1.165) is 40.6 Å². The van der Waals surface area contributed by atoms with Crippen molar-refractivity contribution in [2.75, 3.05) is 18.4 Å². The molecule has 2 aromatic carbocycles. The molecule has 1 saturated carbocycles. The van der Waals surface area contributed by atoms with Crippen molar-refractivity contribution in [3.8, 4) is 11.4 Å². The highest BCUT2D eigenvalue weighted by molar-refractivity contribution is 5.96. The van der Waals surface area contributed by atoms with Gasteiger partial charge < -0.3 is 15.6 Å². The molecule has 1 fully saturated rings. The average Bonchev–Trinajstić information content (AvgIpc) is 3.31. The van der Waals surface area contributed by atoms with Gasteiger partial charge in [0.15, 0.2) is 0 Å². The van der Waals surface area contributed by atoms with Gasteiger partial charge in [-0.05, 0) is 49.6 Å². The Hall–Kier alpha value is -2.66. The van der Waals surface area contributed by atoms with Gasteiger partial charge in [0.25, 0.3) is 0 Å². The zero-order valence-corrected chi connectivity index (χ0v) is 13.4. The first-order valence-corrected chi connectivity index (χ1v) is 8.34. The lowest BCUT2D eigenvalue weighted by Crippen LogP contribution is -2.29. The summed E-state index contributed by atoms with van der Waals surface area (Å²) in [5.41, 5.74) is 3.57. The van der Waals surface area contributed by atoms with E-state index in [-0.39, 0.29) is 5.91 Å². The van der Waals surface area contributed by atoms with Crippen molar-refractivity contribution >= 4 is 22.6 Å². The lowest BCUT2D eigenvalue weighted by atomic mass is 10.1. The second kappa shape index (κ2) is 6.45. The Morgan fingerprint density at radius 3 is 2.75 bits per heavy atom. The number of amides is 1. The molecular formula is C19H20N4O. The van der Waals surface area contributed by atoms with Gasteiger partial charge in [0.05, 0.1) is 23.3 Å². The van der Waals surface area contributed by atoms with Gasteiger partial charge in [-0.3, -0.25) is 4.79 Å². The highest BCUT2D eigenvalue weighted by atomic mass is 16.1. The van der Waals surface area contributed by atoms with E-state index in [2.05, 4.69) is 20.6 Å². The minimum atomic E-state index is -0.0285. The van der Waals surface area contributed by atoms with Crippen LogP contribution >= 0.6 is 0 Å². The van der Waals surface area contributed by atoms with Crippen molar-refractivity contribution in [3.05, 3.63) is 48.5 Å². The summed E-state index contributed by atoms with van der Waals surface area (Å²) in [6, 6.07) is 15.6. The first-order valence-electron chi connectivity index (χ1n) is 8.34. The van der Waals surface area contributed by atoms with Crippen molar-refractivity contribution in [2.45, 2.75) is 12.8 Å². The largest absolute Gasteiger partial charge is 0.338 e. The number of aromatic nitrogens is 2. The highest BCUT2D eigenvalue weighted by Crippen LogP contribution is 2.28. The molecule has 0 atom stereocenters. The fourth-order valence-corrected chi connectivity index (χ4v) is 2.79. The number of hydrogen-bond acceptors (Lipinski definition) is 3. The van der Waals surface area contributed by atoms with E-state index in [1.165, 1.54) is 12.8 Å². The number of anilines is 1. The second-order valence-electron chi connectivity index (χ2n) is 6.27. The lowest BCUT2D eigenvalue weighted by Gasteiger charge is -2.10. The summed E-state index contributed by atoms with van der Waals surface area (Å²) in [6.45, 7) is 1.27. The molecule has 3 N–H and O–H groups in total. The van der Waals surface area contributed by atoms with E-state index in [4.69, 9.17) is 0 Å². The first kappa shape index (κ1) is 14.9. The van der Waals surface area contributed by atoms with Crippen molar-refractivity contribution in [1.82, 2.24) is 15.3 Å². The van der Waals surface area contributed by atoms with Gasteiger partial charge in [-0.2, -0.15) is 0 Å². The zero-order valence-electron chi connectivity index (χ0n) is 13.4. The van der Waals surface area contributed by atoms with Crippen molar-refractivity contribution in [2.24, 2.45) is 5.92 Å². The van der Waals surface area contributed by atoms with Crippen LogP contribution < -0.4 is 10.6 Å². The number of H-pyrrole nitrogens is 1.